The maximum atomic E-state index is 9.16. The summed E-state index contributed by atoms with van der Waals surface area (Å²) in [5.41, 5.74) is 6.65. The average molecular weight is 224 g/mol. The first-order chi connectivity index (χ1) is 7.54. The van der Waals surface area contributed by atoms with E-state index in [-0.39, 0.29) is 6.10 Å². The van der Waals surface area contributed by atoms with Gasteiger partial charge < -0.3 is 16.2 Å². The van der Waals surface area contributed by atoms with E-state index in [1.165, 1.54) is 0 Å². The summed E-state index contributed by atoms with van der Waals surface area (Å²) >= 11 is 0. The third kappa shape index (κ3) is 3.34. The highest BCUT2D eigenvalue weighted by molar-refractivity contribution is 5.54. The maximum absolute atomic E-state index is 9.16. The van der Waals surface area contributed by atoms with Crippen LogP contribution in [0.4, 0.5) is 11.6 Å². The Morgan fingerprint density at radius 2 is 2.12 bits per heavy atom. The molecule has 16 heavy (non-hydrogen) atoms. The number of aryl methyl sites for hydroxylation is 1. The van der Waals surface area contributed by atoms with E-state index >= 15 is 0 Å². The first-order valence-corrected chi connectivity index (χ1v) is 5.59. The van der Waals surface area contributed by atoms with Gasteiger partial charge >= 0.3 is 0 Å². The molecule has 0 aliphatic rings. The number of nitrogens with one attached hydrogen (secondary N) is 1. The Bertz CT molecular complexity index is 352. The predicted octanol–water partition coefficient (Wildman–Crippen LogP) is 1.11. The number of anilines is 2. The summed E-state index contributed by atoms with van der Waals surface area (Å²) in [7, 11) is 0. The van der Waals surface area contributed by atoms with Gasteiger partial charge in [-0.25, -0.2) is 9.97 Å². The summed E-state index contributed by atoms with van der Waals surface area (Å²) < 4.78 is 0. The average Bonchev–Trinajstić information content (AvgIpc) is 2.23. The van der Waals surface area contributed by atoms with Gasteiger partial charge in [0.05, 0.1) is 6.10 Å². The molecule has 0 saturated carbocycles. The third-order valence-electron chi connectivity index (χ3n) is 2.40. The van der Waals surface area contributed by atoms with Crippen molar-refractivity contribution in [2.45, 2.75) is 39.7 Å². The minimum Gasteiger partial charge on any atom is -0.393 e. The van der Waals surface area contributed by atoms with Gasteiger partial charge in [-0.1, -0.05) is 6.92 Å². The molecule has 0 spiro atoms. The minimum absolute atomic E-state index is 0.308. The van der Waals surface area contributed by atoms with Gasteiger partial charge in [0.1, 0.15) is 17.5 Å². The molecule has 1 unspecified atom stereocenters. The molecule has 0 aromatic carbocycles. The second-order valence-corrected chi connectivity index (χ2v) is 3.92. The Kier molecular flexibility index (Phi) is 4.49. The van der Waals surface area contributed by atoms with Crippen LogP contribution in [0.1, 0.15) is 31.7 Å². The number of hydrogen-bond donors (Lipinski definition) is 3. The predicted molar refractivity (Wildman–Crippen MR) is 65.3 cm³/mol. The van der Waals surface area contributed by atoms with E-state index in [0.717, 1.165) is 23.6 Å². The molecule has 0 amide bonds. The lowest BCUT2D eigenvalue weighted by molar-refractivity contribution is 0.188. The summed E-state index contributed by atoms with van der Waals surface area (Å²) in [5, 5.41) is 12.3. The standard InChI is InChI=1S/C11H20N4O/c1-4-9-14-10(12)8(3)11(15-9)13-6-5-7(2)16/h7,16H,4-6H2,1-3H3,(H3,12,13,14,15). The van der Waals surface area contributed by atoms with Crippen molar-refractivity contribution in [3.05, 3.63) is 11.4 Å². The fourth-order valence-electron chi connectivity index (χ4n) is 1.31. The number of nitrogens with two attached hydrogens (primary N) is 1. The molecule has 5 nitrogen and oxygen atoms in total. The third-order valence-corrected chi connectivity index (χ3v) is 2.40. The van der Waals surface area contributed by atoms with Crippen molar-refractivity contribution in [1.29, 1.82) is 0 Å². The Balaban J connectivity index is 2.74. The van der Waals surface area contributed by atoms with Crippen molar-refractivity contribution in [1.82, 2.24) is 9.97 Å². The highest BCUT2D eigenvalue weighted by Gasteiger charge is 2.07. The van der Waals surface area contributed by atoms with Crippen LogP contribution in [0.3, 0.4) is 0 Å². The molecule has 0 aliphatic carbocycles. The molecular weight excluding hydrogens is 204 g/mol. The van der Waals surface area contributed by atoms with E-state index in [1.807, 2.05) is 13.8 Å². The smallest absolute Gasteiger partial charge is 0.134 e. The van der Waals surface area contributed by atoms with E-state index in [1.54, 1.807) is 6.92 Å². The molecular formula is C11H20N4O. The topological polar surface area (TPSA) is 84.1 Å². The van der Waals surface area contributed by atoms with Crippen LogP contribution >= 0.6 is 0 Å². The molecule has 0 radical (unpaired) electrons. The molecule has 0 aliphatic heterocycles. The SMILES string of the molecule is CCc1nc(N)c(C)c(NCCC(C)O)n1. The number of aromatic nitrogens is 2. The van der Waals surface area contributed by atoms with Crippen LogP contribution in [0, 0.1) is 6.92 Å². The van der Waals surface area contributed by atoms with Gasteiger partial charge in [0.25, 0.3) is 0 Å². The summed E-state index contributed by atoms with van der Waals surface area (Å²) in [5.74, 6) is 2.03. The van der Waals surface area contributed by atoms with Gasteiger partial charge in [-0.15, -0.1) is 0 Å². The first kappa shape index (κ1) is 12.7. The van der Waals surface area contributed by atoms with Crippen molar-refractivity contribution in [3.8, 4) is 0 Å². The summed E-state index contributed by atoms with van der Waals surface area (Å²) in [4.78, 5) is 8.54. The zero-order chi connectivity index (χ0) is 12.1. The normalized spacial score (nSPS) is 12.5. The Hall–Kier alpha value is -1.36. The van der Waals surface area contributed by atoms with Gasteiger partial charge in [0.2, 0.25) is 0 Å². The lowest BCUT2D eigenvalue weighted by Gasteiger charge is -2.12. The van der Waals surface area contributed by atoms with Gasteiger partial charge in [0, 0.05) is 18.5 Å². The van der Waals surface area contributed by atoms with E-state index in [0.29, 0.717) is 18.8 Å². The van der Waals surface area contributed by atoms with Gasteiger partial charge in [-0.2, -0.15) is 0 Å². The highest BCUT2D eigenvalue weighted by Crippen LogP contribution is 2.17. The van der Waals surface area contributed by atoms with E-state index in [4.69, 9.17) is 10.8 Å². The highest BCUT2D eigenvalue weighted by atomic mass is 16.3. The largest absolute Gasteiger partial charge is 0.393 e. The minimum atomic E-state index is -0.308. The van der Waals surface area contributed by atoms with Crippen LogP contribution in [0.15, 0.2) is 0 Å². The quantitative estimate of drug-likeness (QED) is 0.697. The number of aliphatic hydroxyl groups is 1. The number of nitrogen functional groups attached to an aromatic ring is 1. The lowest BCUT2D eigenvalue weighted by Crippen LogP contribution is -2.13. The summed E-state index contributed by atoms with van der Waals surface area (Å²) in [6.07, 6.45) is 1.14. The molecule has 1 atom stereocenters. The Labute approximate surface area is 96.1 Å². The number of aliphatic hydroxyl groups excluding tert-OH is 1. The summed E-state index contributed by atoms with van der Waals surface area (Å²) in [6.45, 7) is 6.32. The monoisotopic (exact) mass is 224 g/mol. The van der Waals surface area contributed by atoms with Gasteiger partial charge in [0.15, 0.2) is 0 Å². The van der Waals surface area contributed by atoms with Crippen molar-refractivity contribution in [3.63, 3.8) is 0 Å². The molecule has 1 aromatic heterocycles. The fraction of sp³-hybridized carbons (Fsp3) is 0.636. The second kappa shape index (κ2) is 5.65. The Morgan fingerprint density at radius 3 is 2.69 bits per heavy atom. The molecule has 1 rings (SSSR count). The molecule has 4 N–H and O–H groups in total. The molecule has 0 bridgehead atoms. The molecule has 90 valence electrons. The number of hydrogen-bond acceptors (Lipinski definition) is 5. The van der Waals surface area contributed by atoms with Crippen LogP contribution in [0.25, 0.3) is 0 Å². The second-order valence-electron chi connectivity index (χ2n) is 3.92. The zero-order valence-corrected chi connectivity index (χ0v) is 10.1. The van der Waals surface area contributed by atoms with Gasteiger partial charge in [-0.3, -0.25) is 0 Å². The van der Waals surface area contributed by atoms with Crippen LogP contribution < -0.4 is 11.1 Å². The van der Waals surface area contributed by atoms with Crippen molar-refractivity contribution >= 4 is 11.6 Å². The van der Waals surface area contributed by atoms with Crippen LogP contribution in [0.5, 0.6) is 0 Å². The van der Waals surface area contributed by atoms with Crippen molar-refractivity contribution in [2.24, 2.45) is 0 Å². The molecule has 0 fully saturated rings. The van der Waals surface area contributed by atoms with E-state index in [9.17, 15) is 0 Å². The van der Waals surface area contributed by atoms with E-state index < -0.39 is 0 Å². The van der Waals surface area contributed by atoms with Crippen LogP contribution in [-0.2, 0) is 6.42 Å². The van der Waals surface area contributed by atoms with Gasteiger partial charge in [-0.05, 0) is 20.3 Å². The molecule has 5 heteroatoms. The van der Waals surface area contributed by atoms with Crippen molar-refractivity contribution < 1.29 is 5.11 Å². The molecule has 1 aromatic rings. The van der Waals surface area contributed by atoms with E-state index in [2.05, 4.69) is 15.3 Å². The maximum Gasteiger partial charge on any atom is 0.134 e. The Morgan fingerprint density at radius 1 is 1.44 bits per heavy atom. The number of rotatable bonds is 5. The molecule has 0 saturated heterocycles. The summed E-state index contributed by atoms with van der Waals surface area (Å²) in [6, 6.07) is 0. The van der Waals surface area contributed by atoms with Crippen molar-refractivity contribution in [2.75, 3.05) is 17.6 Å². The zero-order valence-electron chi connectivity index (χ0n) is 10.1. The van der Waals surface area contributed by atoms with Crippen LogP contribution in [0.2, 0.25) is 0 Å². The number of nitrogens with zero attached hydrogens (tertiary/aromatic N) is 2. The van der Waals surface area contributed by atoms with Crippen LogP contribution in [-0.4, -0.2) is 27.7 Å². The lowest BCUT2D eigenvalue weighted by atomic mass is 10.2. The first-order valence-electron chi connectivity index (χ1n) is 5.59. The fourth-order valence-corrected chi connectivity index (χ4v) is 1.31. The molecule has 1 heterocycles.